The first-order chi connectivity index (χ1) is 18.5. The first kappa shape index (κ1) is 25.0. The Kier molecular flexibility index (Phi) is 7.60. The second-order valence-electron chi connectivity index (χ2n) is 8.41. The molecule has 1 aromatic heterocycles. The number of fused-ring (bicyclic) bond motifs is 1. The second-order valence-corrected chi connectivity index (χ2v) is 9.35. The van der Waals surface area contributed by atoms with E-state index in [0.29, 0.717) is 23.2 Å². The summed E-state index contributed by atoms with van der Waals surface area (Å²) in [5, 5.41) is 25.1. The minimum Gasteiger partial charge on any atom is -0.486 e. The van der Waals surface area contributed by atoms with E-state index in [9.17, 15) is 14.9 Å². The fourth-order valence-electron chi connectivity index (χ4n) is 3.86. The van der Waals surface area contributed by atoms with Crippen LogP contribution in [0.25, 0.3) is 10.8 Å². The first-order valence-electron chi connectivity index (χ1n) is 11.8. The van der Waals surface area contributed by atoms with Gasteiger partial charge in [0.25, 0.3) is 5.69 Å². The van der Waals surface area contributed by atoms with Crippen molar-refractivity contribution < 1.29 is 14.5 Å². The van der Waals surface area contributed by atoms with Gasteiger partial charge in [0.1, 0.15) is 12.4 Å². The number of nitrogens with one attached hydrogen (secondary N) is 1. The van der Waals surface area contributed by atoms with E-state index >= 15 is 0 Å². The van der Waals surface area contributed by atoms with Gasteiger partial charge in [0.2, 0.25) is 5.91 Å². The quantitative estimate of drug-likeness (QED) is 0.141. The molecule has 0 spiro atoms. The summed E-state index contributed by atoms with van der Waals surface area (Å²) in [4.78, 5) is 22.9. The number of benzene rings is 4. The summed E-state index contributed by atoms with van der Waals surface area (Å²) in [5.41, 5.74) is 1.51. The van der Waals surface area contributed by atoms with Crippen LogP contribution in [0.3, 0.4) is 0 Å². The molecule has 0 unspecified atom stereocenters. The Morgan fingerprint density at radius 1 is 0.921 bits per heavy atom. The van der Waals surface area contributed by atoms with Crippen LogP contribution in [-0.4, -0.2) is 31.3 Å². The number of thioether (sulfide) groups is 1. The van der Waals surface area contributed by atoms with E-state index in [-0.39, 0.29) is 24.0 Å². The van der Waals surface area contributed by atoms with Gasteiger partial charge < -0.3 is 10.1 Å². The van der Waals surface area contributed by atoms with Crippen molar-refractivity contribution in [2.45, 2.75) is 18.3 Å². The maximum Gasteiger partial charge on any atom is 0.269 e. The molecule has 0 aliphatic rings. The molecular weight excluding hydrogens is 502 g/mol. The number of aromatic nitrogens is 3. The zero-order valence-corrected chi connectivity index (χ0v) is 21.0. The van der Waals surface area contributed by atoms with Gasteiger partial charge in [-0.3, -0.25) is 19.5 Å². The summed E-state index contributed by atoms with van der Waals surface area (Å²) in [7, 11) is 0. The van der Waals surface area contributed by atoms with Crippen LogP contribution in [0, 0.1) is 10.1 Å². The SMILES string of the molecule is O=C(CSc1nnc(COc2ccc3ccccc3c2)n1Cc1ccccc1)Nc1ccc([N+](=O)[O-])cc1. The standard InChI is InChI=1S/C28H23N5O4S/c34-27(29-23-11-13-24(14-12-23)33(35)36)19-38-28-31-30-26(32(28)17-20-6-2-1-3-7-20)18-37-25-15-10-21-8-4-5-9-22(21)16-25/h1-16H,17-19H2,(H,29,34). The number of non-ortho nitro benzene ring substituents is 1. The van der Waals surface area contributed by atoms with Gasteiger partial charge in [0.05, 0.1) is 17.2 Å². The van der Waals surface area contributed by atoms with Gasteiger partial charge in [-0.2, -0.15) is 0 Å². The number of carbonyl (C=O) groups excluding carboxylic acids is 1. The minimum atomic E-state index is -0.484. The molecule has 9 nitrogen and oxygen atoms in total. The Hall–Kier alpha value is -4.70. The molecule has 38 heavy (non-hydrogen) atoms. The lowest BCUT2D eigenvalue weighted by Gasteiger charge is -2.12. The Balaban J connectivity index is 1.28. The lowest BCUT2D eigenvalue weighted by Crippen LogP contribution is -2.15. The molecule has 10 heteroatoms. The number of hydrogen-bond donors (Lipinski definition) is 1. The number of rotatable bonds is 10. The molecule has 1 heterocycles. The molecule has 0 radical (unpaired) electrons. The molecule has 0 fully saturated rings. The molecule has 1 amide bonds. The molecule has 0 bridgehead atoms. The summed E-state index contributed by atoms with van der Waals surface area (Å²) in [6.45, 7) is 0.740. The number of nitro benzene ring substituents is 1. The molecule has 0 aliphatic carbocycles. The van der Waals surface area contributed by atoms with E-state index < -0.39 is 4.92 Å². The number of nitrogens with zero attached hydrogens (tertiary/aromatic N) is 4. The van der Waals surface area contributed by atoms with Crippen LogP contribution in [0.15, 0.2) is 102 Å². The van der Waals surface area contributed by atoms with Gasteiger partial charge in [-0.25, -0.2) is 0 Å². The Bertz CT molecular complexity index is 1570. The third kappa shape index (κ3) is 6.16. The van der Waals surface area contributed by atoms with Crippen LogP contribution in [0.2, 0.25) is 0 Å². The number of ether oxygens (including phenoxy) is 1. The lowest BCUT2D eigenvalue weighted by molar-refractivity contribution is -0.384. The maximum atomic E-state index is 12.6. The monoisotopic (exact) mass is 525 g/mol. The van der Waals surface area contributed by atoms with Gasteiger partial charge in [0.15, 0.2) is 11.0 Å². The van der Waals surface area contributed by atoms with Crippen molar-refractivity contribution in [2.24, 2.45) is 0 Å². The molecule has 1 N–H and O–H groups in total. The molecular formula is C28H23N5O4S. The van der Waals surface area contributed by atoms with Gasteiger partial charge in [-0.05, 0) is 40.6 Å². The van der Waals surface area contributed by atoms with Crippen LogP contribution >= 0.6 is 11.8 Å². The van der Waals surface area contributed by atoms with E-state index in [1.165, 1.54) is 36.0 Å². The smallest absolute Gasteiger partial charge is 0.269 e. The van der Waals surface area contributed by atoms with Gasteiger partial charge in [0, 0.05) is 17.8 Å². The third-order valence-electron chi connectivity index (χ3n) is 5.76. The van der Waals surface area contributed by atoms with Crippen LogP contribution in [0.1, 0.15) is 11.4 Å². The minimum absolute atomic E-state index is 0.0372. The molecule has 0 atom stereocenters. The second kappa shape index (κ2) is 11.6. The average Bonchev–Trinajstić information content (AvgIpc) is 3.32. The van der Waals surface area contributed by atoms with Crippen LogP contribution < -0.4 is 10.1 Å². The van der Waals surface area contributed by atoms with Gasteiger partial charge >= 0.3 is 0 Å². The van der Waals surface area contributed by atoms with Crippen molar-refractivity contribution in [3.8, 4) is 5.75 Å². The van der Waals surface area contributed by atoms with Crippen molar-refractivity contribution in [3.05, 3.63) is 119 Å². The zero-order valence-electron chi connectivity index (χ0n) is 20.2. The van der Waals surface area contributed by atoms with Crippen molar-refractivity contribution in [1.82, 2.24) is 14.8 Å². The molecule has 5 aromatic rings. The number of amides is 1. The number of hydrogen-bond acceptors (Lipinski definition) is 7. The van der Waals surface area contributed by atoms with Crippen LogP contribution in [0.5, 0.6) is 5.75 Å². The molecule has 0 aliphatic heterocycles. The summed E-state index contributed by atoms with van der Waals surface area (Å²) in [5.74, 6) is 1.21. The van der Waals surface area contributed by atoms with Crippen LogP contribution in [0.4, 0.5) is 11.4 Å². The van der Waals surface area contributed by atoms with E-state index in [2.05, 4.69) is 21.6 Å². The summed E-state index contributed by atoms with van der Waals surface area (Å²) < 4.78 is 8.01. The number of anilines is 1. The molecule has 4 aromatic carbocycles. The summed E-state index contributed by atoms with van der Waals surface area (Å²) >= 11 is 1.26. The van der Waals surface area contributed by atoms with Crippen molar-refractivity contribution in [2.75, 3.05) is 11.1 Å². The van der Waals surface area contributed by atoms with E-state index in [4.69, 9.17) is 4.74 Å². The summed E-state index contributed by atoms with van der Waals surface area (Å²) in [6, 6.07) is 29.6. The fourth-order valence-corrected chi connectivity index (χ4v) is 4.61. The lowest BCUT2D eigenvalue weighted by atomic mass is 10.1. The molecule has 0 saturated heterocycles. The molecule has 190 valence electrons. The largest absolute Gasteiger partial charge is 0.486 e. The molecule has 5 rings (SSSR count). The maximum absolute atomic E-state index is 12.6. The van der Waals surface area contributed by atoms with Gasteiger partial charge in [-0.15, -0.1) is 10.2 Å². The normalized spacial score (nSPS) is 10.8. The average molecular weight is 526 g/mol. The fraction of sp³-hybridized carbons (Fsp3) is 0.107. The first-order valence-corrected chi connectivity index (χ1v) is 12.8. The van der Waals surface area contributed by atoms with Crippen LogP contribution in [-0.2, 0) is 17.9 Å². The topological polar surface area (TPSA) is 112 Å². The highest BCUT2D eigenvalue weighted by atomic mass is 32.2. The highest BCUT2D eigenvalue weighted by Gasteiger charge is 2.16. The molecule has 0 saturated carbocycles. The van der Waals surface area contributed by atoms with Crippen molar-refractivity contribution >= 4 is 39.8 Å². The van der Waals surface area contributed by atoms with E-state index in [1.807, 2.05) is 71.3 Å². The predicted molar refractivity (Wildman–Crippen MR) is 146 cm³/mol. The third-order valence-corrected chi connectivity index (χ3v) is 6.73. The predicted octanol–water partition coefficient (Wildman–Crippen LogP) is 5.70. The van der Waals surface area contributed by atoms with E-state index in [0.717, 1.165) is 22.1 Å². The zero-order chi connectivity index (χ0) is 26.3. The van der Waals surface area contributed by atoms with Gasteiger partial charge in [-0.1, -0.05) is 72.4 Å². The number of carbonyl (C=O) groups is 1. The van der Waals surface area contributed by atoms with Crippen molar-refractivity contribution in [1.29, 1.82) is 0 Å². The summed E-state index contributed by atoms with van der Waals surface area (Å²) in [6.07, 6.45) is 0. The Morgan fingerprint density at radius 3 is 2.42 bits per heavy atom. The highest BCUT2D eigenvalue weighted by molar-refractivity contribution is 7.99. The Labute approximate surface area is 222 Å². The van der Waals surface area contributed by atoms with E-state index in [1.54, 1.807) is 0 Å². The Morgan fingerprint density at radius 2 is 1.66 bits per heavy atom. The van der Waals surface area contributed by atoms with Crippen molar-refractivity contribution in [3.63, 3.8) is 0 Å². The highest BCUT2D eigenvalue weighted by Crippen LogP contribution is 2.24. The number of nitro groups is 1.